The number of rotatable bonds is 5. The lowest BCUT2D eigenvalue weighted by molar-refractivity contribution is -0.134. The van der Waals surface area contributed by atoms with E-state index in [9.17, 15) is 13.2 Å². The van der Waals surface area contributed by atoms with Crippen molar-refractivity contribution in [3.05, 3.63) is 27.8 Å². The van der Waals surface area contributed by atoms with E-state index in [0.29, 0.717) is 4.90 Å². The predicted octanol–water partition coefficient (Wildman–Crippen LogP) is 3.30. The van der Waals surface area contributed by atoms with Gasteiger partial charge in [0.15, 0.2) is 0 Å². The molecule has 0 radical (unpaired) electrons. The number of nitrogens with zero attached hydrogens (tertiary/aromatic N) is 1. The van der Waals surface area contributed by atoms with Gasteiger partial charge in [0.1, 0.15) is 0 Å². The molecule has 5 nitrogen and oxygen atoms in total. The Morgan fingerprint density at radius 2 is 1.54 bits per heavy atom. The fourth-order valence-corrected chi connectivity index (χ4v) is 5.47. The lowest BCUT2D eigenvalue weighted by Gasteiger charge is -2.33. The summed E-state index contributed by atoms with van der Waals surface area (Å²) >= 11 is 0. The van der Waals surface area contributed by atoms with Crippen LogP contribution in [-0.4, -0.2) is 38.4 Å². The number of sulfonamides is 1. The number of amides is 1. The summed E-state index contributed by atoms with van der Waals surface area (Å²) in [6.07, 6.45) is 3.41. The molecule has 1 fully saturated rings. The Balaban J connectivity index is 2.12. The third-order valence-electron chi connectivity index (χ3n) is 5.95. The van der Waals surface area contributed by atoms with E-state index in [2.05, 4.69) is 11.6 Å². The molecule has 1 heterocycles. The van der Waals surface area contributed by atoms with Crippen molar-refractivity contribution in [1.82, 2.24) is 9.62 Å². The second kappa shape index (κ2) is 8.09. The maximum atomic E-state index is 12.9. The molecule has 1 N–H and O–H groups in total. The number of hydrogen-bond donors (Lipinski definition) is 1. The molecule has 0 aromatic heterocycles. The van der Waals surface area contributed by atoms with Crippen LogP contribution in [0, 0.1) is 34.6 Å². The molecule has 1 aromatic rings. The molecule has 1 amide bonds. The first-order valence-electron chi connectivity index (χ1n) is 9.44. The van der Waals surface area contributed by atoms with Crippen molar-refractivity contribution in [1.29, 1.82) is 0 Å². The maximum absolute atomic E-state index is 12.9. The standard InChI is InChI=1S/C20H32N2O3S/c1-13-9-7-8-12-22(13)19(23)10-11-21-26(24,25)20-17(5)15(3)14(2)16(4)18(20)6/h13,21H,7-12H2,1-6H3. The zero-order valence-corrected chi connectivity index (χ0v) is 17.7. The van der Waals surface area contributed by atoms with Gasteiger partial charge in [0.2, 0.25) is 15.9 Å². The lowest BCUT2D eigenvalue weighted by atomic mass is 9.95. The number of piperidine rings is 1. The number of likely N-dealkylation sites (tertiary alicyclic amines) is 1. The van der Waals surface area contributed by atoms with Gasteiger partial charge in [0.05, 0.1) is 4.90 Å². The minimum absolute atomic E-state index is 0.0320. The minimum Gasteiger partial charge on any atom is -0.340 e. The van der Waals surface area contributed by atoms with Crippen molar-refractivity contribution in [3.63, 3.8) is 0 Å². The van der Waals surface area contributed by atoms with Gasteiger partial charge >= 0.3 is 0 Å². The third-order valence-corrected chi connectivity index (χ3v) is 7.69. The van der Waals surface area contributed by atoms with Gasteiger partial charge < -0.3 is 4.90 Å². The highest BCUT2D eigenvalue weighted by atomic mass is 32.2. The van der Waals surface area contributed by atoms with Gasteiger partial charge in [-0.3, -0.25) is 4.79 Å². The quantitative estimate of drug-likeness (QED) is 0.852. The second-order valence-electron chi connectivity index (χ2n) is 7.53. The number of carbonyl (C=O) groups excluding carboxylic acids is 1. The molecule has 1 saturated heterocycles. The Kier molecular flexibility index (Phi) is 6.51. The van der Waals surface area contributed by atoms with Crippen LogP contribution in [-0.2, 0) is 14.8 Å². The van der Waals surface area contributed by atoms with Gasteiger partial charge in [0, 0.05) is 25.6 Å². The molecular weight excluding hydrogens is 348 g/mol. The molecule has 146 valence electrons. The lowest BCUT2D eigenvalue weighted by Crippen LogP contribution is -2.43. The Morgan fingerprint density at radius 1 is 1.00 bits per heavy atom. The third kappa shape index (κ3) is 4.12. The summed E-state index contributed by atoms with van der Waals surface area (Å²) in [7, 11) is -3.64. The first kappa shape index (κ1) is 20.9. The van der Waals surface area contributed by atoms with Gasteiger partial charge in [-0.25, -0.2) is 13.1 Å². The summed E-state index contributed by atoms with van der Waals surface area (Å²) in [4.78, 5) is 14.7. The number of carbonyl (C=O) groups is 1. The largest absolute Gasteiger partial charge is 0.340 e. The molecule has 1 aromatic carbocycles. The van der Waals surface area contributed by atoms with Gasteiger partial charge in [0.25, 0.3) is 0 Å². The molecule has 0 bridgehead atoms. The van der Waals surface area contributed by atoms with E-state index in [1.807, 2.05) is 39.5 Å². The van der Waals surface area contributed by atoms with Crippen LogP contribution >= 0.6 is 0 Å². The van der Waals surface area contributed by atoms with E-state index in [0.717, 1.165) is 53.6 Å². The Bertz CT molecular complexity index is 771. The molecule has 0 spiro atoms. The molecule has 0 aliphatic carbocycles. The SMILES string of the molecule is Cc1c(C)c(C)c(S(=O)(=O)NCCC(=O)N2CCCCC2C)c(C)c1C. The number of benzene rings is 1. The van der Waals surface area contributed by atoms with Crippen LogP contribution < -0.4 is 4.72 Å². The van der Waals surface area contributed by atoms with Crippen LogP contribution in [0.25, 0.3) is 0 Å². The van der Waals surface area contributed by atoms with Gasteiger partial charge in [-0.2, -0.15) is 0 Å². The molecule has 1 atom stereocenters. The van der Waals surface area contributed by atoms with Crippen LogP contribution in [0.2, 0.25) is 0 Å². The first-order valence-corrected chi connectivity index (χ1v) is 10.9. The molecule has 6 heteroatoms. The van der Waals surface area contributed by atoms with Crippen molar-refractivity contribution in [3.8, 4) is 0 Å². The summed E-state index contributed by atoms with van der Waals surface area (Å²) < 4.78 is 28.4. The molecule has 1 unspecified atom stereocenters. The zero-order chi connectivity index (χ0) is 19.6. The van der Waals surface area contributed by atoms with Crippen molar-refractivity contribution < 1.29 is 13.2 Å². The number of hydrogen-bond acceptors (Lipinski definition) is 3. The molecule has 1 aliphatic heterocycles. The van der Waals surface area contributed by atoms with Crippen molar-refractivity contribution in [2.45, 2.75) is 78.2 Å². The van der Waals surface area contributed by atoms with Crippen molar-refractivity contribution in [2.24, 2.45) is 0 Å². The van der Waals surface area contributed by atoms with Gasteiger partial charge in [-0.1, -0.05) is 0 Å². The summed E-state index contributed by atoms with van der Waals surface area (Å²) in [6, 6.07) is 0.250. The second-order valence-corrected chi connectivity index (χ2v) is 9.24. The highest BCUT2D eigenvalue weighted by molar-refractivity contribution is 7.89. The van der Waals surface area contributed by atoms with Gasteiger partial charge in [-0.15, -0.1) is 0 Å². The van der Waals surface area contributed by atoms with Crippen molar-refractivity contribution >= 4 is 15.9 Å². The average molecular weight is 381 g/mol. The Hall–Kier alpha value is -1.40. The summed E-state index contributed by atoms with van der Waals surface area (Å²) in [5.41, 5.74) is 4.72. The minimum atomic E-state index is -3.64. The van der Waals surface area contributed by atoms with E-state index < -0.39 is 10.0 Å². The summed E-state index contributed by atoms with van der Waals surface area (Å²) in [6.45, 7) is 12.6. The summed E-state index contributed by atoms with van der Waals surface area (Å²) in [5.74, 6) is 0.0320. The van der Waals surface area contributed by atoms with Crippen LogP contribution in [0.4, 0.5) is 0 Å². The van der Waals surface area contributed by atoms with E-state index in [4.69, 9.17) is 0 Å². The highest BCUT2D eigenvalue weighted by Gasteiger charge is 2.25. The normalized spacial score (nSPS) is 18.2. The van der Waals surface area contributed by atoms with Crippen LogP contribution in [0.15, 0.2) is 4.90 Å². The maximum Gasteiger partial charge on any atom is 0.241 e. The highest BCUT2D eigenvalue weighted by Crippen LogP contribution is 2.29. The van der Waals surface area contributed by atoms with E-state index >= 15 is 0 Å². The smallest absolute Gasteiger partial charge is 0.241 e. The fraction of sp³-hybridized carbons (Fsp3) is 0.650. The molecule has 0 saturated carbocycles. The van der Waals surface area contributed by atoms with E-state index in [1.54, 1.807) is 0 Å². The molecule has 26 heavy (non-hydrogen) atoms. The fourth-order valence-electron chi connectivity index (χ4n) is 3.85. The Labute approximate surface area is 158 Å². The van der Waals surface area contributed by atoms with Crippen LogP contribution in [0.1, 0.15) is 60.4 Å². The van der Waals surface area contributed by atoms with Crippen molar-refractivity contribution in [2.75, 3.05) is 13.1 Å². The number of nitrogens with one attached hydrogen (secondary N) is 1. The topological polar surface area (TPSA) is 66.5 Å². The monoisotopic (exact) mass is 380 g/mol. The zero-order valence-electron chi connectivity index (χ0n) is 16.9. The van der Waals surface area contributed by atoms with Crippen LogP contribution in [0.5, 0.6) is 0 Å². The molecule has 2 rings (SSSR count). The van der Waals surface area contributed by atoms with E-state index in [1.165, 1.54) is 0 Å². The van der Waals surface area contributed by atoms with Crippen LogP contribution in [0.3, 0.4) is 0 Å². The average Bonchev–Trinajstić information content (AvgIpc) is 2.58. The first-order chi connectivity index (χ1) is 12.1. The Morgan fingerprint density at radius 3 is 2.08 bits per heavy atom. The van der Waals surface area contributed by atoms with E-state index in [-0.39, 0.29) is 24.9 Å². The predicted molar refractivity (Wildman–Crippen MR) is 105 cm³/mol. The summed E-state index contributed by atoms with van der Waals surface area (Å²) in [5, 5.41) is 0. The molecular formula is C20H32N2O3S. The molecule has 1 aliphatic rings. The van der Waals surface area contributed by atoms with Gasteiger partial charge in [-0.05, 0) is 88.6 Å².